The lowest BCUT2D eigenvalue weighted by Crippen LogP contribution is -2.34. The number of nitrogens with one attached hydrogen (secondary N) is 1. The van der Waals surface area contributed by atoms with Crippen molar-refractivity contribution in [3.05, 3.63) is 28.5 Å². The molecule has 0 aromatic carbocycles. The fourth-order valence-corrected chi connectivity index (χ4v) is 2.30. The highest BCUT2D eigenvalue weighted by atomic mass is 35.5. The van der Waals surface area contributed by atoms with Gasteiger partial charge in [0.2, 0.25) is 5.91 Å². The maximum absolute atomic E-state index is 12.5. The highest BCUT2D eigenvalue weighted by molar-refractivity contribution is 6.29. The van der Waals surface area contributed by atoms with Gasteiger partial charge in [0.05, 0.1) is 0 Å². The molecular weight excluding hydrogens is 278 g/mol. The summed E-state index contributed by atoms with van der Waals surface area (Å²) in [6.07, 6.45) is 0.335. The number of rotatable bonds is 2. The monoisotopic (exact) mass is 295 g/mol. The highest BCUT2D eigenvalue weighted by Crippen LogP contribution is 2.19. The Hall–Kier alpha value is -1.62. The van der Waals surface area contributed by atoms with E-state index in [1.807, 2.05) is 13.8 Å². The molecule has 0 radical (unpaired) electrons. The van der Waals surface area contributed by atoms with Crippen LogP contribution in [0.5, 0.6) is 0 Å². The molecule has 108 valence electrons. The van der Waals surface area contributed by atoms with Gasteiger partial charge in [-0.15, -0.1) is 0 Å². The highest BCUT2D eigenvalue weighted by Gasteiger charge is 2.21. The maximum atomic E-state index is 12.5. The summed E-state index contributed by atoms with van der Waals surface area (Å²) in [5.41, 5.74) is 1.33. The minimum absolute atomic E-state index is 0.0177. The second kappa shape index (κ2) is 6.22. The number of halogens is 1. The summed E-state index contributed by atoms with van der Waals surface area (Å²) in [5, 5.41) is 3.07. The van der Waals surface area contributed by atoms with Gasteiger partial charge in [-0.05, 0) is 18.1 Å². The molecule has 0 atom stereocenters. The molecule has 0 bridgehead atoms. The first-order valence-electron chi connectivity index (χ1n) is 6.71. The van der Waals surface area contributed by atoms with E-state index >= 15 is 0 Å². The molecule has 1 aliphatic heterocycles. The number of pyridine rings is 1. The van der Waals surface area contributed by atoms with Crippen LogP contribution >= 0.6 is 11.6 Å². The summed E-state index contributed by atoms with van der Waals surface area (Å²) >= 11 is 5.98. The molecular formula is C14H18ClN3O2. The van der Waals surface area contributed by atoms with Gasteiger partial charge in [-0.1, -0.05) is 25.4 Å². The van der Waals surface area contributed by atoms with Crippen molar-refractivity contribution >= 4 is 23.4 Å². The van der Waals surface area contributed by atoms with Crippen molar-refractivity contribution < 1.29 is 9.59 Å². The fraction of sp³-hybridized carbons (Fsp3) is 0.500. The van der Waals surface area contributed by atoms with Gasteiger partial charge in [-0.25, -0.2) is 4.98 Å². The third-order valence-corrected chi connectivity index (χ3v) is 3.45. The Kier molecular flexibility index (Phi) is 4.60. The molecule has 0 saturated carbocycles. The molecule has 0 spiro atoms. The lowest BCUT2D eigenvalue weighted by Gasteiger charge is -2.20. The summed E-state index contributed by atoms with van der Waals surface area (Å²) in [6.45, 7) is 5.44. The van der Waals surface area contributed by atoms with Crippen LogP contribution in [0, 0.1) is 0 Å². The molecule has 20 heavy (non-hydrogen) atoms. The molecule has 1 aromatic rings. The molecule has 1 aliphatic rings. The van der Waals surface area contributed by atoms with Crippen molar-refractivity contribution in [2.24, 2.45) is 0 Å². The molecule has 0 unspecified atom stereocenters. The van der Waals surface area contributed by atoms with Gasteiger partial charge in [-0.2, -0.15) is 0 Å². The predicted molar refractivity (Wildman–Crippen MR) is 76.9 cm³/mol. The molecule has 1 fully saturated rings. The Balaban J connectivity index is 2.22. The lowest BCUT2D eigenvalue weighted by molar-refractivity contribution is -0.120. The van der Waals surface area contributed by atoms with Crippen LogP contribution in [0.3, 0.4) is 0 Å². The molecule has 1 aromatic heterocycles. The lowest BCUT2D eigenvalue weighted by atomic mass is 10.1. The maximum Gasteiger partial charge on any atom is 0.254 e. The summed E-state index contributed by atoms with van der Waals surface area (Å²) in [5.74, 6) is 0.0799. The number of carbonyl (C=O) groups excluding carboxylic acids is 2. The second-order valence-electron chi connectivity index (χ2n) is 5.15. The Morgan fingerprint density at radius 1 is 1.40 bits per heavy atom. The van der Waals surface area contributed by atoms with E-state index in [0.29, 0.717) is 36.8 Å². The number of aromatic nitrogens is 1. The minimum atomic E-state index is -0.104. The van der Waals surface area contributed by atoms with Gasteiger partial charge in [0.25, 0.3) is 5.91 Å². The topological polar surface area (TPSA) is 62.3 Å². The summed E-state index contributed by atoms with van der Waals surface area (Å²) in [6, 6.07) is 3.36. The minimum Gasteiger partial charge on any atom is -0.354 e. The van der Waals surface area contributed by atoms with E-state index < -0.39 is 0 Å². The van der Waals surface area contributed by atoms with Crippen molar-refractivity contribution in [2.45, 2.75) is 26.2 Å². The standard InChI is InChI=1S/C14H18ClN3O2/c1-9(2)11-7-10(8-12(15)17-11)14(20)18-5-3-13(19)16-4-6-18/h7-9H,3-6H2,1-2H3,(H,16,19). The first-order chi connectivity index (χ1) is 9.47. The number of hydrogen-bond donors (Lipinski definition) is 1. The van der Waals surface area contributed by atoms with Crippen LogP contribution < -0.4 is 5.32 Å². The number of nitrogens with zero attached hydrogens (tertiary/aromatic N) is 2. The van der Waals surface area contributed by atoms with Crippen molar-refractivity contribution in [3.63, 3.8) is 0 Å². The first kappa shape index (κ1) is 14.8. The van der Waals surface area contributed by atoms with Crippen molar-refractivity contribution in [2.75, 3.05) is 19.6 Å². The fourth-order valence-electron chi connectivity index (χ4n) is 2.09. The van der Waals surface area contributed by atoms with Gasteiger partial charge in [0.15, 0.2) is 0 Å². The SMILES string of the molecule is CC(C)c1cc(C(=O)N2CCNC(=O)CC2)cc(Cl)n1. The van der Waals surface area contributed by atoms with Gasteiger partial charge in [0, 0.05) is 37.3 Å². The van der Waals surface area contributed by atoms with Gasteiger partial charge in [-0.3, -0.25) is 9.59 Å². The van der Waals surface area contributed by atoms with Gasteiger partial charge < -0.3 is 10.2 Å². The summed E-state index contributed by atoms with van der Waals surface area (Å²) in [7, 11) is 0. The summed E-state index contributed by atoms with van der Waals surface area (Å²) in [4.78, 5) is 29.7. The van der Waals surface area contributed by atoms with Crippen molar-refractivity contribution in [1.82, 2.24) is 15.2 Å². The third-order valence-electron chi connectivity index (χ3n) is 3.25. The molecule has 1 N–H and O–H groups in total. The van der Waals surface area contributed by atoms with Crippen LogP contribution in [0.1, 0.15) is 42.2 Å². The van der Waals surface area contributed by atoms with Crippen molar-refractivity contribution in [1.29, 1.82) is 0 Å². The third kappa shape index (κ3) is 3.48. The van der Waals surface area contributed by atoms with Crippen LogP contribution in [0.4, 0.5) is 0 Å². The smallest absolute Gasteiger partial charge is 0.254 e. The zero-order valence-electron chi connectivity index (χ0n) is 11.6. The van der Waals surface area contributed by atoms with E-state index in [1.165, 1.54) is 0 Å². The Bertz CT molecular complexity index is 531. The number of amides is 2. The molecule has 6 heteroatoms. The van der Waals surface area contributed by atoms with E-state index in [2.05, 4.69) is 10.3 Å². The van der Waals surface area contributed by atoms with Crippen LogP contribution in [0.2, 0.25) is 5.15 Å². The molecule has 5 nitrogen and oxygen atoms in total. The predicted octanol–water partition coefficient (Wildman–Crippen LogP) is 1.82. The van der Waals surface area contributed by atoms with Crippen LogP contribution in [0.15, 0.2) is 12.1 Å². The van der Waals surface area contributed by atoms with E-state index in [4.69, 9.17) is 11.6 Å². The quantitative estimate of drug-likeness (QED) is 0.847. The van der Waals surface area contributed by atoms with Crippen LogP contribution in [-0.4, -0.2) is 41.3 Å². The number of carbonyl (C=O) groups is 2. The molecule has 2 amide bonds. The normalized spacial score (nSPS) is 16.0. The average Bonchev–Trinajstić information content (AvgIpc) is 2.62. The van der Waals surface area contributed by atoms with Crippen LogP contribution in [-0.2, 0) is 4.79 Å². The molecule has 2 heterocycles. The van der Waals surface area contributed by atoms with E-state index in [-0.39, 0.29) is 17.7 Å². The van der Waals surface area contributed by atoms with Crippen molar-refractivity contribution in [3.8, 4) is 0 Å². The van der Waals surface area contributed by atoms with E-state index in [1.54, 1.807) is 17.0 Å². The summed E-state index contributed by atoms with van der Waals surface area (Å²) < 4.78 is 0. The first-order valence-corrected chi connectivity index (χ1v) is 7.08. The second-order valence-corrected chi connectivity index (χ2v) is 5.54. The van der Waals surface area contributed by atoms with Crippen LogP contribution in [0.25, 0.3) is 0 Å². The van der Waals surface area contributed by atoms with Gasteiger partial charge >= 0.3 is 0 Å². The Morgan fingerprint density at radius 2 is 2.15 bits per heavy atom. The Morgan fingerprint density at radius 3 is 2.85 bits per heavy atom. The molecule has 0 aliphatic carbocycles. The zero-order valence-corrected chi connectivity index (χ0v) is 12.4. The largest absolute Gasteiger partial charge is 0.354 e. The average molecular weight is 296 g/mol. The zero-order chi connectivity index (χ0) is 14.7. The van der Waals surface area contributed by atoms with E-state index in [9.17, 15) is 9.59 Å². The molecule has 2 rings (SSSR count). The Labute approximate surface area is 123 Å². The van der Waals surface area contributed by atoms with E-state index in [0.717, 1.165) is 5.69 Å². The number of hydrogen-bond acceptors (Lipinski definition) is 3. The molecule has 1 saturated heterocycles. The van der Waals surface area contributed by atoms with Gasteiger partial charge in [0.1, 0.15) is 5.15 Å².